The van der Waals surface area contributed by atoms with Crippen molar-refractivity contribution < 1.29 is 5.11 Å². The first kappa shape index (κ1) is 14.8. The van der Waals surface area contributed by atoms with E-state index in [-0.39, 0.29) is 6.61 Å². The molecule has 2 aromatic rings. The van der Waals surface area contributed by atoms with Crippen LogP contribution in [0.4, 0.5) is 0 Å². The quantitative estimate of drug-likeness (QED) is 0.837. The smallest absolute Gasteiger partial charge is 0.0681 e. The zero-order chi connectivity index (χ0) is 14.4. The second kappa shape index (κ2) is 7.22. The number of benzene rings is 2. The Hall–Kier alpha value is -1.64. The van der Waals surface area contributed by atoms with Crippen LogP contribution in [0, 0.1) is 6.92 Å². The minimum absolute atomic E-state index is 0.100. The van der Waals surface area contributed by atoms with Gasteiger partial charge in [-0.15, -0.1) is 0 Å². The Kier molecular flexibility index (Phi) is 5.33. The summed E-state index contributed by atoms with van der Waals surface area (Å²) in [5, 5.41) is 12.8. The molecule has 0 spiro atoms. The monoisotopic (exact) mass is 269 g/mol. The second-order valence-corrected chi connectivity index (χ2v) is 5.23. The lowest BCUT2D eigenvalue weighted by Crippen LogP contribution is -2.20. The summed E-state index contributed by atoms with van der Waals surface area (Å²) in [5.74, 6) is 0. The van der Waals surface area contributed by atoms with Crippen LogP contribution in [-0.4, -0.2) is 5.11 Å². The molecule has 106 valence electrons. The molecule has 2 heteroatoms. The second-order valence-electron chi connectivity index (χ2n) is 5.23. The molecule has 0 radical (unpaired) electrons. The summed E-state index contributed by atoms with van der Waals surface area (Å²) < 4.78 is 0. The molecule has 0 aliphatic heterocycles. The molecule has 2 aromatic carbocycles. The van der Waals surface area contributed by atoms with Crippen LogP contribution in [0.1, 0.15) is 41.6 Å². The SMILES string of the molecule is CCC(NCc1cccc(CO)c1)c1ccc(C)cc1. The molecule has 1 unspecified atom stereocenters. The standard InChI is InChI=1S/C18H23NO/c1-3-18(17-9-7-14(2)8-10-17)19-12-15-5-4-6-16(11-15)13-20/h4-11,18-20H,3,12-13H2,1-2H3. The Balaban J connectivity index is 2.01. The van der Waals surface area contributed by atoms with Gasteiger partial charge in [-0.2, -0.15) is 0 Å². The third kappa shape index (κ3) is 3.92. The first-order valence-corrected chi connectivity index (χ1v) is 7.21. The highest BCUT2D eigenvalue weighted by Gasteiger charge is 2.08. The van der Waals surface area contributed by atoms with Gasteiger partial charge >= 0.3 is 0 Å². The molecule has 0 aliphatic rings. The lowest BCUT2D eigenvalue weighted by atomic mass is 10.0. The van der Waals surface area contributed by atoms with E-state index in [0.29, 0.717) is 6.04 Å². The fourth-order valence-corrected chi connectivity index (χ4v) is 2.38. The molecule has 20 heavy (non-hydrogen) atoms. The van der Waals surface area contributed by atoms with Gasteiger partial charge in [0.1, 0.15) is 0 Å². The van der Waals surface area contributed by atoms with Crippen LogP contribution in [0.15, 0.2) is 48.5 Å². The van der Waals surface area contributed by atoms with Gasteiger partial charge in [0.05, 0.1) is 6.61 Å². The van der Waals surface area contributed by atoms with Gasteiger partial charge in [-0.05, 0) is 30.0 Å². The first-order chi connectivity index (χ1) is 9.72. The Bertz CT molecular complexity index is 533. The van der Waals surface area contributed by atoms with Crippen LogP contribution in [0.25, 0.3) is 0 Å². The van der Waals surface area contributed by atoms with Crippen LogP contribution >= 0.6 is 0 Å². The van der Waals surface area contributed by atoms with Crippen molar-refractivity contribution in [1.29, 1.82) is 0 Å². The molecule has 0 aliphatic carbocycles. The molecule has 0 heterocycles. The van der Waals surface area contributed by atoms with E-state index >= 15 is 0 Å². The van der Waals surface area contributed by atoms with E-state index in [1.54, 1.807) is 0 Å². The molecule has 0 saturated heterocycles. The van der Waals surface area contributed by atoms with Crippen molar-refractivity contribution in [2.75, 3.05) is 0 Å². The Morgan fingerprint density at radius 2 is 1.75 bits per heavy atom. The highest BCUT2D eigenvalue weighted by molar-refractivity contribution is 5.25. The number of aliphatic hydroxyl groups excluding tert-OH is 1. The Morgan fingerprint density at radius 1 is 1.05 bits per heavy atom. The van der Waals surface area contributed by atoms with E-state index in [2.05, 4.69) is 55.6 Å². The maximum atomic E-state index is 9.17. The van der Waals surface area contributed by atoms with Gasteiger partial charge in [0.15, 0.2) is 0 Å². The number of aliphatic hydroxyl groups is 1. The minimum Gasteiger partial charge on any atom is -0.392 e. The van der Waals surface area contributed by atoms with E-state index in [0.717, 1.165) is 18.5 Å². The van der Waals surface area contributed by atoms with Crippen LogP contribution in [0.2, 0.25) is 0 Å². The van der Waals surface area contributed by atoms with Crippen LogP contribution in [0.3, 0.4) is 0 Å². The van der Waals surface area contributed by atoms with Gasteiger partial charge in [0, 0.05) is 12.6 Å². The molecule has 1 atom stereocenters. The summed E-state index contributed by atoms with van der Waals surface area (Å²) in [6.45, 7) is 5.23. The molecule has 0 saturated carbocycles. The first-order valence-electron chi connectivity index (χ1n) is 7.21. The number of rotatable bonds is 6. The van der Waals surface area contributed by atoms with Gasteiger partial charge < -0.3 is 10.4 Å². The summed E-state index contributed by atoms with van der Waals surface area (Å²) in [7, 11) is 0. The highest BCUT2D eigenvalue weighted by Crippen LogP contribution is 2.18. The van der Waals surface area contributed by atoms with Crippen molar-refractivity contribution in [1.82, 2.24) is 5.32 Å². The van der Waals surface area contributed by atoms with Gasteiger partial charge in [-0.3, -0.25) is 0 Å². The van der Waals surface area contributed by atoms with E-state index in [4.69, 9.17) is 5.11 Å². The maximum absolute atomic E-state index is 9.17. The number of aryl methyl sites for hydroxylation is 1. The number of hydrogen-bond acceptors (Lipinski definition) is 2. The number of nitrogens with one attached hydrogen (secondary N) is 1. The van der Waals surface area contributed by atoms with E-state index in [1.165, 1.54) is 16.7 Å². The molecule has 2 nitrogen and oxygen atoms in total. The third-order valence-electron chi connectivity index (χ3n) is 3.61. The van der Waals surface area contributed by atoms with E-state index < -0.39 is 0 Å². The Morgan fingerprint density at radius 3 is 2.40 bits per heavy atom. The summed E-state index contributed by atoms with van der Waals surface area (Å²) in [6, 6.07) is 17.2. The molecular weight excluding hydrogens is 246 g/mol. The largest absolute Gasteiger partial charge is 0.392 e. The zero-order valence-electron chi connectivity index (χ0n) is 12.3. The summed E-state index contributed by atoms with van der Waals surface area (Å²) >= 11 is 0. The lowest BCUT2D eigenvalue weighted by molar-refractivity contribution is 0.281. The van der Waals surface area contributed by atoms with Crippen molar-refractivity contribution in [3.63, 3.8) is 0 Å². The van der Waals surface area contributed by atoms with Crippen LogP contribution in [0.5, 0.6) is 0 Å². The maximum Gasteiger partial charge on any atom is 0.0681 e. The predicted molar refractivity (Wildman–Crippen MR) is 83.4 cm³/mol. The van der Waals surface area contributed by atoms with Gasteiger partial charge in [0.2, 0.25) is 0 Å². The predicted octanol–water partition coefficient (Wildman–Crippen LogP) is 3.73. The summed E-state index contributed by atoms with van der Waals surface area (Å²) in [4.78, 5) is 0. The normalized spacial score (nSPS) is 12.3. The average Bonchev–Trinajstić information content (AvgIpc) is 2.50. The zero-order valence-corrected chi connectivity index (χ0v) is 12.3. The number of hydrogen-bond donors (Lipinski definition) is 2. The fraction of sp³-hybridized carbons (Fsp3) is 0.333. The van der Waals surface area contributed by atoms with Crippen LogP contribution < -0.4 is 5.32 Å². The summed E-state index contributed by atoms with van der Waals surface area (Å²) in [6.07, 6.45) is 1.06. The highest BCUT2D eigenvalue weighted by atomic mass is 16.3. The third-order valence-corrected chi connectivity index (χ3v) is 3.61. The molecular formula is C18H23NO. The topological polar surface area (TPSA) is 32.3 Å². The van der Waals surface area contributed by atoms with Crippen LogP contribution in [-0.2, 0) is 13.2 Å². The van der Waals surface area contributed by atoms with Gasteiger partial charge in [0.25, 0.3) is 0 Å². The van der Waals surface area contributed by atoms with Gasteiger partial charge in [-0.25, -0.2) is 0 Å². The molecule has 2 N–H and O–H groups in total. The lowest BCUT2D eigenvalue weighted by Gasteiger charge is -2.18. The fourth-order valence-electron chi connectivity index (χ4n) is 2.38. The molecule has 0 fully saturated rings. The Labute approximate surface area is 121 Å². The van der Waals surface area contributed by atoms with Crippen molar-refractivity contribution in [2.24, 2.45) is 0 Å². The molecule has 0 amide bonds. The molecule has 0 aromatic heterocycles. The summed E-state index contributed by atoms with van der Waals surface area (Å²) in [5.41, 5.74) is 4.80. The van der Waals surface area contributed by atoms with Crippen molar-refractivity contribution in [3.05, 3.63) is 70.8 Å². The van der Waals surface area contributed by atoms with Gasteiger partial charge in [-0.1, -0.05) is 61.0 Å². The van der Waals surface area contributed by atoms with Crippen molar-refractivity contribution in [2.45, 2.75) is 39.5 Å². The van der Waals surface area contributed by atoms with Crippen molar-refractivity contribution >= 4 is 0 Å². The van der Waals surface area contributed by atoms with E-state index in [1.807, 2.05) is 12.1 Å². The average molecular weight is 269 g/mol. The molecule has 2 rings (SSSR count). The minimum atomic E-state index is 0.100. The molecule has 0 bridgehead atoms. The van der Waals surface area contributed by atoms with Crippen molar-refractivity contribution in [3.8, 4) is 0 Å². The van der Waals surface area contributed by atoms with E-state index in [9.17, 15) is 0 Å².